The highest BCUT2D eigenvalue weighted by Gasteiger charge is 2.39. The quantitative estimate of drug-likeness (QED) is 0.908. The number of fused-ring (bicyclic) bond motifs is 2. The Kier molecular flexibility index (Phi) is 3.94. The number of hydrogen-bond acceptors (Lipinski definition) is 3. The number of piperidine rings is 1. The summed E-state index contributed by atoms with van der Waals surface area (Å²) in [5.41, 5.74) is 0.601. The minimum absolute atomic E-state index is 0.0633. The molecule has 0 aromatic heterocycles. The first-order valence-electron chi connectivity index (χ1n) is 8.25. The molecule has 24 heavy (non-hydrogen) atoms. The largest absolute Gasteiger partial charge is 0.457 e. The van der Waals surface area contributed by atoms with E-state index in [9.17, 15) is 9.18 Å². The lowest BCUT2D eigenvalue weighted by Crippen LogP contribution is -2.47. The summed E-state index contributed by atoms with van der Waals surface area (Å²) in [5, 5.41) is 6.55. The molecule has 0 spiro atoms. The van der Waals surface area contributed by atoms with Crippen LogP contribution in [0.25, 0.3) is 0 Å². The number of halogens is 1. The fourth-order valence-electron chi connectivity index (χ4n) is 3.61. The third-order valence-electron chi connectivity index (χ3n) is 4.79. The maximum Gasteiger partial charge on any atom is 0.251 e. The Morgan fingerprint density at radius 2 is 1.96 bits per heavy atom. The summed E-state index contributed by atoms with van der Waals surface area (Å²) in [7, 11) is 0. The molecule has 1 aliphatic heterocycles. The van der Waals surface area contributed by atoms with Gasteiger partial charge in [0, 0.05) is 23.7 Å². The summed E-state index contributed by atoms with van der Waals surface area (Å²) < 4.78 is 18.7. The van der Waals surface area contributed by atoms with Crippen LogP contribution < -0.4 is 15.4 Å². The lowest BCUT2D eigenvalue weighted by molar-refractivity contribution is 0.0928. The summed E-state index contributed by atoms with van der Waals surface area (Å²) in [4.78, 5) is 12.4. The molecule has 2 aliphatic rings. The topological polar surface area (TPSA) is 50.4 Å². The predicted molar refractivity (Wildman–Crippen MR) is 88.7 cm³/mol. The molecule has 0 radical (unpaired) electrons. The molecule has 2 aromatic rings. The van der Waals surface area contributed by atoms with Gasteiger partial charge in [-0.2, -0.15) is 0 Å². The van der Waals surface area contributed by atoms with E-state index >= 15 is 0 Å². The highest BCUT2D eigenvalue weighted by molar-refractivity contribution is 5.94. The minimum Gasteiger partial charge on any atom is -0.457 e. The van der Waals surface area contributed by atoms with Gasteiger partial charge in [-0.3, -0.25) is 4.79 Å². The maximum absolute atomic E-state index is 13.2. The van der Waals surface area contributed by atoms with Crippen molar-refractivity contribution >= 4 is 5.91 Å². The SMILES string of the molecule is O=C(NC1CC2CNC1C2)c1ccc(Oc2cccc(F)c2)cc1. The number of carbonyl (C=O) groups excluding carboxylic acids is 1. The third kappa shape index (κ3) is 3.12. The average molecular weight is 326 g/mol. The van der Waals surface area contributed by atoms with E-state index in [0.29, 0.717) is 29.0 Å². The zero-order valence-corrected chi connectivity index (χ0v) is 13.2. The van der Waals surface area contributed by atoms with Crippen molar-refractivity contribution in [2.24, 2.45) is 5.92 Å². The number of nitrogens with one attached hydrogen (secondary N) is 2. The molecule has 4 nitrogen and oxygen atoms in total. The first kappa shape index (κ1) is 15.1. The van der Waals surface area contributed by atoms with E-state index in [4.69, 9.17) is 4.74 Å². The molecule has 2 bridgehead atoms. The molecule has 2 fully saturated rings. The molecule has 1 aliphatic carbocycles. The third-order valence-corrected chi connectivity index (χ3v) is 4.79. The monoisotopic (exact) mass is 326 g/mol. The van der Waals surface area contributed by atoms with Crippen molar-refractivity contribution in [2.45, 2.75) is 24.9 Å². The normalized spacial score (nSPS) is 24.8. The zero-order chi connectivity index (χ0) is 16.5. The Hall–Kier alpha value is -2.40. The average Bonchev–Trinajstić information content (AvgIpc) is 3.18. The van der Waals surface area contributed by atoms with Crippen LogP contribution in [0.1, 0.15) is 23.2 Å². The first-order valence-corrected chi connectivity index (χ1v) is 8.25. The van der Waals surface area contributed by atoms with E-state index in [1.165, 1.54) is 12.1 Å². The molecule has 1 heterocycles. The molecule has 1 saturated heterocycles. The van der Waals surface area contributed by atoms with Crippen LogP contribution in [0.4, 0.5) is 4.39 Å². The Morgan fingerprint density at radius 3 is 2.62 bits per heavy atom. The van der Waals surface area contributed by atoms with Crippen LogP contribution in [0, 0.1) is 11.7 Å². The second-order valence-electron chi connectivity index (χ2n) is 6.52. The van der Waals surface area contributed by atoms with Crippen LogP contribution in [0.5, 0.6) is 11.5 Å². The number of amides is 1. The molecule has 1 amide bonds. The molecule has 2 aromatic carbocycles. The summed E-state index contributed by atoms with van der Waals surface area (Å²) in [6, 6.07) is 13.5. The van der Waals surface area contributed by atoms with Gasteiger partial charge in [0.2, 0.25) is 0 Å². The van der Waals surface area contributed by atoms with Crippen LogP contribution in [0.2, 0.25) is 0 Å². The number of rotatable bonds is 4. The smallest absolute Gasteiger partial charge is 0.251 e. The molecular formula is C19H19FN2O2. The highest BCUT2D eigenvalue weighted by Crippen LogP contribution is 2.31. The second-order valence-corrected chi connectivity index (χ2v) is 6.52. The fourth-order valence-corrected chi connectivity index (χ4v) is 3.61. The van der Waals surface area contributed by atoms with Crippen molar-refractivity contribution in [3.8, 4) is 11.5 Å². The zero-order valence-electron chi connectivity index (χ0n) is 13.2. The van der Waals surface area contributed by atoms with Crippen LogP contribution in [-0.2, 0) is 0 Å². The number of carbonyl (C=O) groups is 1. The van der Waals surface area contributed by atoms with Crippen LogP contribution in [-0.4, -0.2) is 24.5 Å². The van der Waals surface area contributed by atoms with E-state index in [2.05, 4.69) is 10.6 Å². The van der Waals surface area contributed by atoms with E-state index < -0.39 is 0 Å². The van der Waals surface area contributed by atoms with E-state index in [1.807, 2.05) is 0 Å². The molecule has 124 valence electrons. The predicted octanol–water partition coefficient (Wildman–Crippen LogP) is 3.10. The van der Waals surface area contributed by atoms with Gasteiger partial charge in [-0.15, -0.1) is 0 Å². The molecule has 4 rings (SSSR count). The standard InChI is InChI=1S/C19H19FN2O2/c20-14-2-1-3-16(10-14)24-15-6-4-13(5-7-15)19(23)22-18-9-12-8-17(18)21-11-12/h1-7,10,12,17-18,21H,8-9,11H2,(H,22,23). The Labute approximate surface area is 140 Å². The van der Waals surface area contributed by atoms with Gasteiger partial charge in [0.15, 0.2) is 0 Å². The van der Waals surface area contributed by atoms with Gasteiger partial charge in [0.25, 0.3) is 5.91 Å². The summed E-state index contributed by atoms with van der Waals surface area (Å²) in [6.45, 7) is 1.07. The summed E-state index contributed by atoms with van der Waals surface area (Å²) in [5.74, 6) is 1.29. The van der Waals surface area contributed by atoms with Gasteiger partial charge in [-0.05, 0) is 61.7 Å². The van der Waals surface area contributed by atoms with E-state index in [0.717, 1.165) is 19.4 Å². The van der Waals surface area contributed by atoms with Gasteiger partial charge >= 0.3 is 0 Å². The highest BCUT2D eigenvalue weighted by atomic mass is 19.1. The number of benzene rings is 2. The molecule has 2 N–H and O–H groups in total. The number of hydrogen-bond donors (Lipinski definition) is 2. The minimum atomic E-state index is -0.344. The fraction of sp³-hybridized carbons (Fsp3) is 0.316. The number of ether oxygens (including phenoxy) is 1. The van der Waals surface area contributed by atoms with Gasteiger partial charge in [0.1, 0.15) is 17.3 Å². The van der Waals surface area contributed by atoms with Crippen molar-refractivity contribution in [1.29, 1.82) is 0 Å². The summed E-state index contributed by atoms with van der Waals surface area (Å²) in [6.07, 6.45) is 2.22. The van der Waals surface area contributed by atoms with E-state index in [-0.39, 0.29) is 17.8 Å². The van der Waals surface area contributed by atoms with Crippen molar-refractivity contribution in [2.75, 3.05) is 6.54 Å². The van der Waals surface area contributed by atoms with Crippen LogP contribution in [0.3, 0.4) is 0 Å². The Balaban J connectivity index is 1.39. The van der Waals surface area contributed by atoms with Crippen molar-refractivity contribution in [1.82, 2.24) is 10.6 Å². The lowest BCUT2D eigenvalue weighted by Gasteiger charge is -2.24. The Bertz CT molecular complexity index is 747. The van der Waals surface area contributed by atoms with Crippen LogP contribution >= 0.6 is 0 Å². The molecule has 1 saturated carbocycles. The Morgan fingerprint density at radius 1 is 1.12 bits per heavy atom. The van der Waals surface area contributed by atoms with Gasteiger partial charge in [-0.1, -0.05) is 6.07 Å². The van der Waals surface area contributed by atoms with E-state index in [1.54, 1.807) is 36.4 Å². The van der Waals surface area contributed by atoms with Gasteiger partial charge < -0.3 is 15.4 Å². The second kappa shape index (κ2) is 6.24. The molecular weight excluding hydrogens is 307 g/mol. The molecule has 3 atom stereocenters. The molecule has 3 unspecified atom stereocenters. The maximum atomic E-state index is 13.2. The van der Waals surface area contributed by atoms with Gasteiger partial charge in [0.05, 0.1) is 0 Å². The van der Waals surface area contributed by atoms with Crippen LogP contribution in [0.15, 0.2) is 48.5 Å². The lowest BCUT2D eigenvalue weighted by atomic mass is 10.1. The van der Waals surface area contributed by atoms with Crippen molar-refractivity contribution in [3.63, 3.8) is 0 Å². The van der Waals surface area contributed by atoms with Gasteiger partial charge in [-0.25, -0.2) is 4.39 Å². The first-order chi connectivity index (χ1) is 11.7. The van der Waals surface area contributed by atoms with Crippen molar-refractivity contribution in [3.05, 3.63) is 59.9 Å². The molecule has 5 heteroatoms. The van der Waals surface area contributed by atoms with Crippen molar-refractivity contribution < 1.29 is 13.9 Å². The summed E-state index contributed by atoms with van der Waals surface area (Å²) >= 11 is 0.